The lowest BCUT2D eigenvalue weighted by Crippen LogP contribution is -2.27. The van der Waals surface area contributed by atoms with Crippen LogP contribution in [0.2, 0.25) is 0 Å². The summed E-state index contributed by atoms with van der Waals surface area (Å²) in [5.74, 6) is -1.98. The maximum absolute atomic E-state index is 12.1. The molecule has 0 bridgehead atoms. The molecular formula is C13H15N3O4S. The van der Waals surface area contributed by atoms with Gasteiger partial charge in [-0.05, 0) is 23.6 Å². The molecule has 7 nitrogen and oxygen atoms in total. The first kappa shape index (κ1) is 15.2. The molecule has 1 aliphatic heterocycles. The molecule has 21 heavy (non-hydrogen) atoms. The number of benzene rings is 1. The highest BCUT2D eigenvalue weighted by Gasteiger charge is 2.30. The lowest BCUT2D eigenvalue weighted by Gasteiger charge is -2.18. The van der Waals surface area contributed by atoms with E-state index in [1.54, 1.807) is 6.07 Å². The third-order valence-corrected chi connectivity index (χ3v) is 4.95. The second kappa shape index (κ2) is 5.28. The van der Waals surface area contributed by atoms with Crippen molar-refractivity contribution in [2.75, 3.05) is 5.75 Å². The van der Waals surface area contributed by atoms with Gasteiger partial charge in [0.15, 0.2) is 21.6 Å². The summed E-state index contributed by atoms with van der Waals surface area (Å²) in [5, 5.41) is 0. The van der Waals surface area contributed by atoms with Crippen molar-refractivity contribution in [1.29, 1.82) is 0 Å². The van der Waals surface area contributed by atoms with Gasteiger partial charge in [-0.3, -0.25) is 9.59 Å². The molecule has 0 aliphatic carbocycles. The Labute approximate surface area is 122 Å². The molecule has 0 spiro atoms. The molecular weight excluding hydrogens is 294 g/mol. The third kappa shape index (κ3) is 2.94. The minimum atomic E-state index is -3.71. The van der Waals surface area contributed by atoms with Crippen LogP contribution in [-0.2, 0) is 27.5 Å². The predicted molar refractivity (Wildman–Crippen MR) is 76.7 cm³/mol. The topological polar surface area (TPSA) is 133 Å². The van der Waals surface area contributed by atoms with Crippen molar-refractivity contribution in [3.05, 3.63) is 28.8 Å². The van der Waals surface area contributed by atoms with E-state index in [2.05, 4.69) is 4.99 Å². The highest BCUT2D eigenvalue weighted by Crippen LogP contribution is 2.28. The van der Waals surface area contributed by atoms with E-state index in [0.717, 1.165) is 0 Å². The Morgan fingerprint density at radius 2 is 2.00 bits per heavy atom. The molecule has 1 aromatic carbocycles. The van der Waals surface area contributed by atoms with E-state index < -0.39 is 27.5 Å². The van der Waals surface area contributed by atoms with E-state index in [4.69, 9.17) is 11.5 Å². The van der Waals surface area contributed by atoms with Gasteiger partial charge in [-0.1, -0.05) is 13.0 Å². The van der Waals surface area contributed by atoms with Crippen LogP contribution >= 0.6 is 0 Å². The molecule has 0 saturated heterocycles. The van der Waals surface area contributed by atoms with Crippen molar-refractivity contribution >= 4 is 27.5 Å². The van der Waals surface area contributed by atoms with Crippen LogP contribution in [0, 0.1) is 0 Å². The van der Waals surface area contributed by atoms with Gasteiger partial charge in [0.25, 0.3) is 5.91 Å². The molecule has 1 aromatic rings. The zero-order chi connectivity index (χ0) is 15.8. The number of guanidine groups is 1. The molecule has 1 amide bonds. The number of hydrogen-bond donors (Lipinski definition) is 2. The number of amides is 1. The number of carbonyl (C=O) groups excluding carboxylic acids is 2. The maximum atomic E-state index is 12.1. The Kier molecular flexibility index (Phi) is 3.82. The van der Waals surface area contributed by atoms with Crippen molar-refractivity contribution in [2.45, 2.75) is 24.7 Å². The Hall–Kier alpha value is -2.22. The SMILES string of the molecule is CCc1cc2c(cc1C(=O)N=C(N)N)S(=O)(=O)CC(=O)C2. The number of hydrogen-bond acceptors (Lipinski definition) is 4. The Morgan fingerprint density at radius 1 is 1.33 bits per heavy atom. The summed E-state index contributed by atoms with van der Waals surface area (Å²) in [5.41, 5.74) is 11.5. The molecule has 0 unspecified atom stereocenters. The van der Waals surface area contributed by atoms with E-state index in [0.29, 0.717) is 17.5 Å². The summed E-state index contributed by atoms with van der Waals surface area (Å²) < 4.78 is 24.1. The zero-order valence-electron chi connectivity index (χ0n) is 11.4. The average Bonchev–Trinajstić information content (AvgIpc) is 2.35. The lowest BCUT2D eigenvalue weighted by atomic mass is 9.98. The van der Waals surface area contributed by atoms with Gasteiger partial charge >= 0.3 is 0 Å². The van der Waals surface area contributed by atoms with E-state index in [1.807, 2.05) is 6.92 Å². The number of nitrogens with two attached hydrogens (primary N) is 2. The third-order valence-electron chi connectivity index (χ3n) is 3.20. The van der Waals surface area contributed by atoms with Crippen molar-refractivity contribution in [3.63, 3.8) is 0 Å². The zero-order valence-corrected chi connectivity index (χ0v) is 12.2. The first-order valence-electron chi connectivity index (χ1n) is 6.28. The number of rotatable bonds is 2. The number of carbonyl (C=O) groups is 2. The summed E-state index contributed by atoms with van der Waals surface area (Å²) in [6.45, 7) is 1.81. The normalized spacial score (nSPS) is 16.1. The minimum Gasteiger partial charge on any atom is -0.370 e. The number of aryl methyl sites for hydroxylation is 1. The monoisotopic (exact) mass is 309 g/mol. The van der Waals surface area contributed by atoms with Crippen LogP contribution in [0.25, 0.3) is 0 Å². The van der Waals surface area contributed by atoms with Crippen molar-refractivity contribution in [1.82, 2.24) is 0 Å². The largest absolute Gasteiger partial charge is 0.370 e. The molecule has 8 heteroatoms. The fourth-order valence-corrected chi connectivity index (χ4v) is 3.83. The number of aliphatic imine (C=N–C) groups is 1. The average molecular weight is 309 g/mol. The van der Waals surface area contributed by atoms with Crippen LogP contribution in [0.4, 0.5) is 0 Å². The molecule has 0 fully saturated rings. The first-order valence-corrected chi connectivity index (χ1v) is 7.94. The number of nitrogens with zero attached hydrogens (tertiary/aromatic N) is 1. The van der Waals surface area contributed by atoms with Gasteiger partial charge in [0.05, 0.1) is 4.90 Å². The smallest absolute Gasteiger partial charge is 0.280 e. The molecule has 0 saturated carbocycles. The molecule has 0 atom stereocenters. The molecule has 0 radical (unpaired) electrons. The van der Waals surface area contributed by atoms with Gasteiger partial charge in [0.1, 0.15) is 5.75 Å². The van der Waals surface area contributed by atoms with Crippen LogP contribution < -0.4 is 11.5 Å². The minimum absolute atomic E-state index is 0.00782. The van der Waals surface area contributed by atoms with Crippen molar-refractivity contribution < 1.29 is 18.0 Å². The highest BCUT2D eigenvalue weighted by molar-refractivity contribution is 7.92. The number of sulfone groups is 1. The summed E-state index contributed by atoms with van der Waals surface area (Å²) in [6.07, 6.45) is 0.543. The predicted octanol–water partition coefficient (Wildman–Crippen LogP) is -0.438. The molecule has 1 aliphatic rings. The summed E-state index contributed by atoms with van der Waals surface area (Å²) in [4.78, 5) is 26.9. The van der Waals surface area contributed by atoms with E-state index >= 15 is 0 Å². The van der Waals surface area contributed by atoms with Crippen LogP contribution in [0.5, 0.6) is 0 Å². The molecule has 1 heterocycles. The maximum Gasteiger partial charge on any atom is 0.280 e. The standard InChI is InChI=1S/C13H15N3O4S/c1-2-7-3-8-4-9(17)6-21(19,20)11(8)5-10(7)12(18)16-13(14)15/h3,5H,2,4,6H2,1H3,(H4,14,15,16,18). The van der Waals surface area contributed by atoms with Gasteiger partial charge < -0.3 is 11.5 Å². The fraction of sp³-hybridized carbons (Fsp3) is 0.308. The van der Waals surface area contributed by atoms with E-state index in [-0.39, 0.29) is 22.7 Å². The van der Waals surface area contributed by atoms with Gasteiger partial charge in [0, 0.05) is 12.0 Å². The second-order valence-corrected chi connectivity index (χ2v) is 6.74. The Balaban J connectivity index is 2.67. The van der Waals surface area contributed by atoms with Gasteiger partial charge in [-0.2, -0.15) is 4.99 Å². The van der Waals surface area contributed by atoms with Crippen LogP contribution in [0.3, 0.4) is 0 Å². The number of Topliss-reactive ketones (excluding diaryl/α,β-unsaturated/α-hetero) is 1. The molecule has 0 aromatic heterocycles. The summed E-state index contributed by atoms with van der Waals surface area (Å²) in [6, 6.07) is 2.84. The summed E-state index contributed by atoms with van der Waals surface area (Å²) in [7, 11) is -3.71. The Morgan fingerprint density at radius 3 is 2.57 bits per heavy atom. The van der Waals surface area contributed by atoms with Gasteiger partial charge in [-0.25, -0.2) is 8.42 Å². The Bertz CT molecular complexity index is 762. The van der Waals surface area contributed by atoms with Crippen molar-refractivity contribution in [3.8, 4) is 0 Å². The van der Waals surface area contributed by atoms with Crippen molar-refractivity contribution in [2.24, 2.45) is 16.5 Å². The van der Waals surface area contributed by atoms with Crippen LogP contribution in [-0.4, -0.2) is 31.8 Å². The second-order valence-electron chi connectivity index (χ2n) is 4.79. The number of ketones is 1. The van der Waals surface area contributed by atoms with Gasteiger partial charge in [-0.15, -0.1) is 0 Å². The quantitative estimate of drug-likeness (QED) is 0.562. The van der Waals surface area contributed by atoms with E-state index in [1.165, 1.54) is 6.07 Å². The molecule has 2 rings (SSSR count). The van der Waals surface area contributed by atoms with Gasteiger partial charge in [0.2, 0.25) is 0 Å². The van der Waals surface area contributed by atoms with Crippen LogP contribution in [0.15, 0.2) is 22.0 Å². The number of fused-ring (bicyclic) bond motifs is 1. The van der Waals surface area contributed by atoms with Crippen LogP contribution in [0.1, 0.15) is 28.4 Å². The highest BCUT2D eigenvalue weighted by atomic mass is 32.2. The summed E-state index contributed by atoms with van der Waals surface area (Å²) >= 11 is 0. The van der Waals surface area contributed by atoms with E-state index in [9.17, 15) is 18.0 Å². The first-order chi connectivity index (χ1) is 9.74. The fourth-order valence-electron chi connectivity index (χ4n) is 2.33. The lowest BCUT2D eigenvalue weighted by molar-refractivity contribution is -0.116. The molecule has 4 N–H and O–H groups in total. The molecule has 112 valence electrons.